The first kappa shape index (κ1) is 31.3. The second kappa shape index (κ2) is 14.7. The summed E-state index contributed by atoms with van der Waals surface area (Å²) in [4.78, 5) is 23.7. The number of aromatic nitrogens is 2. The number of benzene rings is 1. The van der Waals surface area contributed by atoms with Crippen molar-refractivity contribution in [3.63, 3.8) is 0 Å². The van der Waals surface area contributed by atoms with Crippen LogP contribution in [-0.2, 0) is 11.2 Å². The molecule has 0 bridgehead atoms. The second-order valence-corrected chi connectivity index (χ2v) is 9.35. The molecule has 35 heavy (non-hydrogen) atoms. The number of hydrogen-bond acceptors (Lipinski definition) is 6. The molecule has 10 heteroatoms. The Bertz CT molecular complexity index is 963. The number of aliphatic hydroxyl groups excluding tert-OH is 2. The van der Waals surface area contributed by atoms with Gasteiger partial charge in [-0.3, -0.25) is 4.79 Å². The van der Waals surface area contributed by atoms with Crippen LogP contribution in [0.1, 0.15) is 81.0 Å². The maximum atomic E-state index is 13.5. The molecule has 1 heterocycles. The number of halogens is 1. The smallest absolute Gasteiger partial charge is 0.550 e. The Balaban J connectivity index is 0.00000612. The summed E-state index contributed by atoms with van der Waals surface area (Å²) >= 11 is 0. The predicted molar refractivity (Wildman–Crippen MR) is 124 cm³/mol. The molecule has 0 fully saturated rings. The summed E-state index contributed by atoms with van der Waals surface area (Å²) in [6, 6.07) is 5.75. The van der Waals surface area contributed by atoms with Crippen LogP contribution in [0.5, 0.6) is 0 Å². The number of hydrogen-bond donors (Lipinski definition) is 3. The van der Waals surface area contributed by atoms with Gasteiger partial charge in [0, 0.05) is 30.2 Å². The van der Waals surface area contributed by atoms with E-state index in [-0.39, 0.29) is 59.9 Å². The molecule has 0 saturated heterocycles. The molecule has 3 N–H and O–H groups in total. The van der Waals surface area contributed by atoms with Crippen molar-refractivity contribution in [2.45, 2.75) is 77.9 Å². The van der Waals surface area contributed by atoms with Crippen molar-refractivity contribution in [3.8, 4) is 5.69 Å². The molecule has 0 aliphatic carbocycles. The number of amides is 1. The number of rotatable bonds is 13. The van der Waals surface area contributed by atoms with Crippen molar-refractivity contribution in [2.24, 2.45) is 5.92 Å². The summed E-state index contributed by atoms with van der Waals surface area (Å²) in [5.41, 5.74) is 2.29. The molecule has 1 amide bonds. The first-order valence-electron chi connectivity index (χ1n) is 11.7. The largest absolute Gasteiger partial charge is 1.00 e. The number of carboxylic acid groups (broad SMARTS) is 1. The molecule has 0 radical (unpaired) electrons. The number of carbonyl (C=O) groups excluding carboxylic acids is 2. The van der Waals surface area contributed by atoms with Crippen LogP contribution in [-0.4, -0.2) is 50.6 Å². The number of carboxylic acids is 1. The number of nitrogens with zero attached hydrogens (tertiary/aromatic N) is 2. The molecule has 0 aliphatic heterocycles. The van der Waals surface area contributed by atoms with E-state index >= 15 is 0 Å². The molecule has 2 atom stereocenters. The van der Waals surface area contributed by atoms with E-state index in [0.29, 0.717) is 30.3 Å². The first-order chi connectivity index (χ1) is 16.0. The minimum absolute atomic E-state index is 0. The molecule has 0 aliphatic rings. The van der Waals surface area contributed by atoms with Gasteiger partial charge < -0.3 is 25.4 Å². The zero-order chi connectivity index (χ0) is 25.4. The van der Waals surface area contributed by atoms with Gasteiger partial charge in [0.1, 0.15) is 5.82 Å². The van der Waals surface area contributed by atoms with Gasteiger partial charge in [-0.05, 0) is 61.8 Å². The van der Waals surface area contributed by atoms with Gasteiger partial charge in [0.15, 0.2) is 5.69 Å². The molecule has 2 rings (SSSR count). The van der Waals surface area contributed by atoms with E-state index in [2.05, 4.69) is 24.3 Å². The topological polar surface area (TPSA) is 128 Å². The van der Waals surface area contributed by atoms with Gasteiger partial charge in [0.25, 0.3) is 5.91 Å². The SMILES string of the molecule is CC(C)CCNC(=O)c1nn(-c2ccc(F)cc2)c(CCC(O)CC(O)CC(=O)[O-])c1C(C)C.[Na+]. The van der Waals surface area contributed by atoms with Crippen molar-refractivity contribution in [2.75, 3.05) is 6.54 Å². The average Bonchev–Trinajstić information content (AvgIpc) is 3.11. The van der Waals surface area contributed by atoms with Crippen LogP contribution in [0.3, 0.4) is 0 Å². The Kier molecular flexibility index (Phi) is 13.1. The molecule has 1 aromatic heterocycles. The normalized spacial score (nSPS) is 12.9. The third kappa shape index (κ3) is 9.65. The maximum Gasteiger partial charge on any atom is 1.00 e. The van der Waals surface area contributed by atoms with Gasteiger partial charge in [-0.15, -0.1) is 0 Å². The van der Waals surface area contributed by atoms with Crippen LogP contribution in [0.25, 0.3) is 5.69 Å². The Hall–Kier alpha value is -1.78. The van der Waals surface area contributed by atoms with Crippen LogP contribution < -0.4 is 40.0 Å². The third-order valence-electron chi connectivity index (χ3n) is 5.55. The van der Waals surface area contributed by atoms with E-state index in [0.717, 1.165) is 12.0 Å². The Morgan fingerprint density at radius 1 is 1.09 bits per heavy atom. The zero-order valence-corrected chi connectivity index (χ0v) is 23.3. The van der Waals surface area contributed by atoms with Crippen molar-refractivity contribution in [3.05, 3.63) is 47.0 Å². The van der Waals surface area contributed by atoms with Gasteiger partial charge in [-0.1, -0.05) is 27.7 Å². The number of aliphatic hydroxyl groups is 2. The maximum absolute atomic E-state index is 13.5. The minimum Gasteiger partial charge on any atom is -0.550 e. The van der Waals surface area contributed by atoms with Crippen molar-refractivity contribution in [1.29, 1.82) is 0 Å². The van der Waals surface area contributed by atoms with Crippen LogP contribution in [0.2, 0.25) is 0 Å². The number of aliphatic carboxylic acids is 1. The fraction of sp³-hybridized carbons (Fsp3) is 0.560. The predicted octanol–water partition coefficient (Wildman–Crippen LogP) is -0.901. The Labute approximate surface area is 228 Å². The molecule has 2 aromatic rings. The Morgan fingerprint density at radius 3 is 2.26 bits per heavy atom. The Morgan fingerprint density at radius 2 is 1.71 bits per heavy atom. The van der Waals surface area contributed by atoms with Crippen LogP contribution in [0.4, 0.5) is 4.39 Å². The molecule has 1 aromatic carbocycles. The average molecular weight is 500 g/mol. The monoisotopic (exact) mass is 499 g/mol. The van der Waals surface area contributed by atoms with Gasteiger partial charge in [0.2, 0.25) is 0 Å². The quantitative estimate of drug-likeness (QED) is 0.307. The van der Waals surface area contributed by atoms with E-state index < -0.39 is 30.4 Å². The number of carbonyl (C=O) groups is 2. The minimum atomic E-state index is -1.38. The van der Waals surface area contributed by atoms with Crippen LogP contribution in [0.15, 0.2) is 24.3 Å². The zero-order valence-electron chi connectivity index (χ0n) is 21.3. The van der Waals surface area contributed by atoms with Crippen LogP contribution >= 0.6 is 0 Å². The van der Waals surface area contributed by atoms with E-state index in [9.17, 15) is 29.3 Å². The summed E-state index contributed by atoms with van der Waals surface area (Å²) in [5.74, 6) is -1.70. The summed E-state index contributed by atoms with van der Waals surface area (Å²) in [6.45, 7) is 8.55. The van der Waals surface area contributed by atoms with Crippen molar-refractivity contribution >= 4 is 11.9 Å². The van der Waals surface area contributed by atoms with E-state index in [1.165, 1.54) is 12.1 Å². The molecular weight excluding hydrogens is 464 g/mol. The van der Waals surface area contributed by atoms with Gasteiger partial charge in [-0.2, -0.15) is 5.10 Å². The van der Waals surface area contributed by atoms with E-state index in [1.54, 1.807) is 16.8 Å². The molecule has 8 nitrogen and oxygen atoms in total. The molecule has 188 valence electrons. The third-order valence-corrected chi connectivity index (χ3v) is 5.55. The molecule has 0 spiro atoms. The fourth-order valence-corrected chi connectivity index (χ4v) is 3.84. The first-order valence-corrected chi connectivity index (χ1v) is 11.7. The van der Waals surface area contributed by atoms with Gasteiger partial charge >= 0.3 is 29.6 Å². The van der Waals surface area contributed by atoms with Gasteiger partial charge in [0.05, 0.1) is 17.9 Å². The molecule has 0 saturated carbocycles. The summed E-state index contributed by atoms with van der Waals surface area (Å²) in [7, 11) is 0. The standard InChI is InChI=1S/C25H36FN3O5.Na/c1-15(2)11-12-27-25(34)24-23(16(3)4)21(10-9-19(30)13-20(31)14-22(32)33)29(28-24)18-7-5-17(26)6-8-18;/h5-8,15-16,19-20,30-31H,9-14H2,1-4H3,(H,27,34)(H,32,33);/q;+1/p-1. The summed E-state index contributed by atoms with van der Waals surface area (Å²) < 4.78 is 15.1. The second-order valence-electron chi connectivity index (χ2n) is 9.35. The van der Waals surface area contributed by atoms with Gasteiger partial charge in [-0.25, -0.2) is 9.07 Å². The fourth-order valence-electron chi connectivity index (χ4n) is 3.84. The molecular formula is C25H35FN3NaO5. The van der Waals surface area contributed by atoms with Crippen molar-refractivity contribution in [1.82, 2.24) is 15.1 Å². The number of nitrogens with one attached hydrogen (secondary N) is 1. The van der Waals surface area contributed by atoms with E-state index in [4.69, 9.17) is 0 Å². The van der Waals surface area contributed by atoms with Crippen LogP contribution in [0, 0.1) is 11.7 Å². The molecule has 2 unspecified atom stereocenters. The van der Waals surface area contributed by atoms with Crippen molar-refractivity contribution < 1.29 is 58.9 Å². The summed E-state index contributed by atoms with van der Waals surface area (Å²) in [5, 5.41) is 38.3. The van der Waals surface area contributed by atoms with E-state index in [1.807, 2.05) is 13.8 Å². The summed E-state index contributed by atoms with van der Waals surface area (Å²) in [6.07, 6.45) is -1.49.